The van der Waals surface area contributed by atoms with Gasteiger partial charge in [-0.05, 0) is 43.1 Å². The summed E-state index contributed by atoms with van der Waals surface area (Å²) in [5, 5.41) is 10.00. The van der Waals surface area contributed by atoms with Crippen molar-refractivity contribution in [2.45, 2.75) is 18.9 Å². The molecule has 2 N–H and O–H groups in total. The molecule has 4 heteroatoms. The van der Waals surface area contributed by atoms with Crippen molar-refractivity contribution in [3.8, 4) is 10.4 Å². The summed E-state index contributed by atoms with van der Waals surface area (Å²) in [6.07, 6.45) is 2.50. The van der Waals surface area contributed by atoms with Crippen molar-refractivity contribution in [3.05, 3.63) is 40.7 Å². The van der Waals surface area contributed by atoms with Crippen LogP contribution < -0.4 is 10.6 Å². The van der Waals surface area contributed by atoms with Gasteiger partial charge in [-0.3, -0.25) is 0 Å². The average Bonchev–Trinajstić information content (AvgIpc) is 2.88. The van der Waals surface area contributed by atoms with Gasteiger partial charge in [0.15, 0.2) is 0 Å². The van der Waals surface area contributed by atoms with E-state index in [1.165, 1.54) is 29.0 Å². The summed E-state index contributed by atoms with van der Waals surface area (Å²) in [6, 6.07) is 10.8. The number of hydrogen-bond donors (Lipinski definition) is 2. The molecule has 0 saturated carbocycles. The van der Waals surface area contributed by atoms with Gasteiger partial charge in [-0.15, -0.1) is 11.3 Å². The van der Waals surface area contributed by atoms with Crippen molar-refractivity contribution < 1.29 is 0 Å². The Morgan fingerprint density at radius 3 is 3.05 bits per heavy atom. The number of rotatable bonds is 3. The molecule has 0 unspecified atom stereocenters. The van der Waals surface area contributed by atoms with Crippen molar-refractivity contribution in [2.75, 3.05) is 18.4 Å². The second-order valence-corrected chi connectivity index (χ2v) is 6.25. The minimum atomic E-state index is 0.551. The first-order valence-corrected chi connectivity index (χ1v) is 7.89. The fourth-order valence-corrected chi connectivity index (χ4v) is 3.45. The molecule has 0 aliphatic carbocycles. The van der Waals surface area contributed by atoms with Crippen molar-refractivity contribution in [1.29, 1.82) is 0 Å². The molecule has 1 aliphatic heterocycles. The summed E-state index contributed by atoms with van der Waals surface area (Å²) in [5.74, 6) is 0. The molecule has 2 heterocycles. The van der Waals surface area contributed by atoms with E-state index >= 15 is 0 Å². The molecule has 2 aromatic rings. The molecule has 1 aromatic heterocycles. The van der Waals surface area contributed by atoms with Crippen molar-refractivity contribution in [1.82, 2.24) is 5.32 Å². The third kappa shape index (κ3) is 3.30. The zero-order valence-corrected chi connectivity index (χ0v) is 12.2. The molecule has 1 atom stereocenters. The Kier molecular flexibility index (Phi) is 4.06. The van der Waals surface area contributed by atoms with Gasteiger partial charge in [0.05, 0.1) is 0 Å². The molecule has 100 valence electrons. The van der Waals surface area contributed by atoms with Crippen LogP contribution in [0.4, 0.5) is 5.69 Å². The quantitative estimate of drug-likeness (QED) is 0.884. The van der Waals surface area contributed by atoms with Gasteiger partial charge in [-0.2, -0.15) is 0 Å². The lowest BCUT2D eigenvalue weighted by Gasteiger charge is -2.24. The third-order valence-corrected chi connectivity index (χ3v) is 4.59. The van der Waals surface area contributed by atoms with Crippen LogP contribution in [-0.2, 0) is 0 Å². The van der Waals surface area contributed by atoms with E-state index < -0.39 is 0 Å². The normalized spacial score (nSPS) is 19.3. The van der Waals surface area contributed by atoms with E-state index in [1.807, 2.05) is 18.2 Å². The molecule has 3 rings (SSSR count). The lowest BCUT2D eigenvalue weighted by Crippen LogP contribution is -2.38. The number of halogens is 1. The van der Waals surface area contributed by atoms with Crippen LogP contribution in [0.25, 0.3) is 10.4 Å². The standard InChI is InChI=1S/C15H17ClN2S/c16-12-4-1-3-11(7-12)15-8-14(10-19-15)18-13-5-2-6-17-9-13/h1,3-4,7-8,10,13,17-18H,2,5-6,9H2/t13-/m1/s1. The number of hydrogen-bond acceptors (Lipinski definition) is 3. The largest absolute Gasteiger partial charge is 0.380 e. The molecule has 0 radical (unpaired) electrons. The molecule has 0 amide bonds. The maximum Gasteiger partial charge on any atom is 0.0457 e. The minimum Gasteiger partial charge on any atom is -0.380 e. The molecule has 1 aliphatic rings. The number of anilines is 1. The predicted octanol–water partition coefficient (Wildman–Crippen LogP) is 4.23. The van der Waals surface area contributed by atoms with Gasteiger partial charge in [-0.25, -0.2) is 0 Å². The summed E-state index contributed by atoms with van der Waals surface area (Å²) >= 11 is 7.80. The van der Waals surface area contributed by atoms with Crippen molar-refractivity contribution >= 4 is 28.6 Å². The Morgan fingerprint density at radius 2 is 2.26 bits per heavy atom. The lowest BCUT2D eigenvalue weighted by molar-refractivity contribution is 0.480. The van der Waals surface area contributed by atoms with Gasteiger partial charge in [-0.1, -0.05) is 23.7 Å². The fraction of sp³-hybridized carbons (Fsp3) is 0.333. The number of piperidine rings is 1. The molecule has 0 spiro atoms. The SMILES string of the molecule is Clc1cccc(-c2cc(N[C@@H]3CCCNC3)cs2)c1. The van der Waals surface area contributed by atoms with E-state index in [9.17, 15) is 0 Å². The Hall–Kier alpha value is -1.03. The van der Waals surface area contributed by atoms with Gasteiger partial charge in [0.1, 0.15) is 0 Å². The Morgan fingerprint density at radius 1 is 1.32 bits per heavy atom. The van der Waals surface area contributed by atoms with Crippen LogP contribution in [0.1, 0.15) is 12.8 Å². The molecular weight excluding hydrogens is 276 g/mol. The van der Waals surface area contributed by atoms with Crippen LogP contribution in [0.15, 0.2) is 35.7 Å². The molecule has 1 saturated heterocycles. The van der Waals surface area contributed by atoms with Gasteiger partial charge < -0.3 is 10.6 Å². The van der Waals surface area contributed by atoms with Gasteiger partial charge in [0, 0.05) is 33.6 Å². The average molecular weight is 293 g/mol. The van der Waals surface area contributed by atoms with Crippen LogP contribution in [0.5, 0.6) is 0 Å². The van der Waals surface area contributed by atoms with Crippen LogP contribution >= 0.6 is 22.9 Å². The highest BCUT2D eigenvalue weighted by molar-refractivity contribution is 7.14. The van der Waals surface area contributed by atoms with Crippen LogP contribution in [0.2, 0.25) is 5.02 Å². The van der Waals surface area contributed by atoms with Crippen molar-refractivity contribution in [3.63, 3.8) is 0 Å². The monoisotopic (exact) mass is 292 g/mol. The maximum atomic E-state index is 6.04. The summed E-state index contributed by atoms with van der Waals surface area (Å²) < 4.78 is 0. The smallest absolute Gasteiger partial charge is 0.0457 e. The second kappa shape index (κ2) is 5.95. The topological polar surface area (TPSA) is 24.1 Å². The molecule has 1 fully saturated rings. The van der Waals surface area contributed by atoms with Gasteiger partial charge >= 0.3 is 0 Å². The van der Waals surface area contributed by atoms with E-state index in [0.717, 1.165) is 18.1 Å². The van der Waals surface area contributed by atoms with Crippen LogP contribution in [0, 0.1) is 0 Å². The first-order chi connectivity index (χ1) is 9.31. The Balaban J connectivity index is 1.72. The van der Waals surface area contributed by atoms with Gasteiger partial charge in [0.25, 0.3) is 0 Å². The Labute approximate surface area is 122 Å². The molecular formula is C15H17ClN2S. The lowest BCUT2D eigenvalue weighted by atomic mass is 10.1. The minimum absolute atomic E-state index is 0.551. The highest BCUT2D eigenvalue weighted by Gasteiger charge is 2.13. The first kappa shape index (κ1) is 13.0. The third-order valence-electron chi connectivity index (χ3n) is 3.38. The zero-order chi connectivity index (χ0) is 13.1. The fourth-order valence-electron chi connectivity index (χ4n) is 2.42. The highest BCUT2D eigenvalue weighted by Crippen LogP contribution is 2.31. The summed E-state index contributed by atoms with van der Waals surface area (Å²) in [6.45, 7) is 2.21. The van der Waals surface area contributed by atoms with E-state index in [0.29, 0.717) is 6.04 Å². The van der Waals surface area contributed by atoms with Crippen molar-refractivity contribution in [2.24, 2.45) is 0 Å². The number of nitrogens with one attached hydrogen (secondary N) is 2. The Bertz CT molecular complexity index is 547. The van der Waals surface area contributed by atoms with E-state index in [-0.39, 0.29) is 0 Å². The summed E-state index contributed by atoms with van der Waals surface area (Å²) in [7, 11) is 0. The molecule has 19 heavy (non-hydrogen) atoms. The van der Waals surface area contributed by atoms with Crippen LogP contribution in [-0.4, -0.2) is 19.1 Å². The molecule has 2 nitrogen and oxygen atoms in total. The summed E-state index contributed by atoms with van der Waals surface area (Å²) in [5.41, 5.74) is 2.40. The second-order valence-electron chi connectivity index (χ2n) is 4.90. The van der Waals surface area contributed by atoms with Crippen LogP contribution in [0.3, 0.4) is 0 Å². The molecule has 0 bridgehead atoms. The van der Waals surface area contributed by atoms with E-state index in [1.54, 1.807) is 11.3 Å². The van der Waals surface area contributed by atoms with Gasteiger partial charge in [0.2, 0.25) is 0 Å². The van der Waals surface area contributed by atoms with E-state index in [2.05, 4.69) is 28.1 Å². The summed E-state index contributed by atoms with van der Waals surface area (Å²) in [4.78, 5) is 1.26. The molecule has 1 aromatic carbocycles. The zero-order valence-electron chi connectivity index (χ0n) is 10.7. The predicted molar refractivity (Wildman–Crippen MR) is 84.3 cm³/mol. The highest BCUT2D eigenvalue weighted by atomic mass is 35.5. The first-order valence-electron chi connectivity index (χ1n) is 6.63. The maximum absolute atomic E-state index is 6.04. The number of thiophene rings is 1. The number of benzene rings is 1. The van der Waals surface area contributed by atoms with E-state index in [4.69, 9.17) is 11.6 Å².